The second kappa shape index (κ2) is 4.23. The largest absolute Gasteiger partial charge is 0.394 e. The zero-order valence-corrected chi connectivity index (χ0v) is 6.18. The fourth-order valence-electron chi connectivity index (χ4n) is 0.652. The van der Waals surface area contributed by atoms with Gasteiger partial charge < -0.3 is 10.4 Å². The molecule has 0 aliphatic rings. The Kier molecular flexibility index (Phi) is 3.95. The Bertz CT molecular complexity index is 132. The van der Waals surface area contributed by atoms with Crippen molar-refractivity contribution in [3.05, 3.63) is 0 Å². The third kappa shape index (κ3) is 3.87. The summed E-state index contributed by atoms with van der Waals surface area (Å²) in [5.74, 6) is 0. The molecule has 3 nitrogen and oxygen atoms in total. The molecule has 0 radical (unpaired) electrons. The van der Waals surface area contributed by atoms with Crippen LogP contribution in [0, 0.1) is 0 Å². The predicted octanol–water partition coefficient (Wildman–Crippen LogP) is 0.139. The molecule has 0 aromatic rings. The van der Waals surface area contributed by atoms with E-state index in [0.29, 0.717) is 6.41 Å². The van der Waals surface area contributed by atoms with Crippen LogP contribution in [0.15, 0.2) is 0 Å². The third-order valence-electron chi connectivity index (χ3n) is 1.36. The maximum atomic E-state index is 11.8. The summed E-state index contributed by atoms with van der Waals surface area (Å²) in [4.78, 5) is 9.89. The van der Waals surface area contributed by atoms with E-state index in [1.165, 1.54) is 6.92 Å². The first-order valence-electron chi connectivity index (χ1n) is 3.14. The minimum absolute atomic E-state index is 0.304. The van der Waals surface area contributed by atoms with Gasteiger partial charge in [0.1, 0.15) is 0 Å². The van der Waals surface area contributed by atoms with Gasteiger partial charge in [-0.25, -0.2) is 8.78 Å². The van der Waals surface area contributed by atoms with Crippen LogP contribution >= 0.6 is 0 Å². The smallest absolute Gasteiger partial charge is 0.240 e. The number of aliphatic hydroxyl groups is 1. The average molecular weight is 167 g/mol. The molecule has 0 spiro atoms. The van der Waals surface area contributed by atoms with Crippen LogP contribution in [0.5, 0.6) is 0 Å². The molecule has 1 atom stereocenters. The molecule has 2 N–H and O–H groups in total. The molecular weight excluding hydrogens is 156 g/mol. The monoisotopic (exact) mass is 167 g/mol. The predicted molar refractivity (Wildman–Crippen MR) is 35.3 cm³/mol. The molecule has 11 heavy (non-hydrogen) atoms. The van der Waals surface area contributed by atoms with Gasteiger partial charge in [0.2, 0.25) is 12.8 Å². The van der Waals surface area contributed by atoms with Crippen molar-refractivity contribution in [1.82, 2.24) is 5.32 Å². The van der Waals surface area contributed by atoms with Crippen LogP contribution in [0.4, 0.5) is 8.78 Å². The number of hydrogen-bond acceptors (Lipinski definition) is 2. The molecule has 0 aliphatic carbocycles. The molecule has 0 fully saturated rings. The highest BCUT2D eigenvalue weighted by Crippen LogP contribution is 2.13. The van der Waals surface area contributed by atoms with Crippen LogP contribution in [0.2, 0.25) is 0 Å². The van der Waals surface area contributed by atoms with E-state index in [0.717, 1.165) is 0 Å². The molecule has 0 aromatic carbocycles. The number of alkyl halides is 2. The molecule has 0 saturated heterocycles. The molecule has 1 amide bonds. The van der Waals surface area contributed by atoms with Crippen LogP contribution in [0.1, 0.15) is 13.3 Å². The van der Waals surface area contributed by atoms with Crippen molar-refractivity contribution >= 4 is 6.41 Å². The third-order valence-corrected chi connectivity index (χ3v) is 1.36. The molecule has 0 bridgehead atoms. The lowest BCUT2D eigenvalue weighted by Crippen LogP contribution is -2.46. The van der Waals surface area contributed by atoms with E-state index in [1.54, 1.807) is 0 Å². The molecule has 0 heterocycles. The Labute approximate surface area is 63.4 Å². The summed E-state index contributed by atoms with van der Waals surface area (Å²) >= 11 is 0. The van der Waals surface area contributed by atoms with Crippen molar-refractivity contribution in [2.75, 3.05) is 6.61 Å². The molecule has 0 saturated carbocycles. The minimum Gasteiger partial charge on any atom is -0.394 e. The lowest BCUT2D eigenvalue weighted by Gasteiger charge is -2.25. The second-order valence-electron chi connectivity index (χ2n) is 2.58. The van der Waals surface area contributed by atoms with Crippen LogP contribution in [0.25, 0.3) is 0 Å². The van der Waals surface area contributed by atoms with Gasteiger partial charge in [0.25, 0.3) is 0 Å². The van der Waals surface area contributed by atoms with Crippen LogP contribution in [0.3, 0.4) is 0 Å². The van der Waals surface area contributed by atoms with Crippen LogP contribution < -0.4 is 5.32 Å². The Morgan fingerprint density at radius 3 is 2.55 bits per heavy atom. The number of carbonyl (C=O) groups excluding carboxylic acids is 1. The number of halogens is 2. The fraction of sp³-hybridized carbons (Fsp3) is 0.833. The molecule has 0 rings (SSSR count). The lowest BCUT2D eigenvalue weighted by molar-refractivity contribution is -0.112. The van der Waals surface area contributed by atoms with E-state index in [2.05, 4.69) is 5.32 Å². The maximum Gasteiger partial charge on any atom is 0.240 e. The normalized spacial score (nSPS) is 16.1. The maximum absolute atomic E-state index is 11.8. The summed E-state index contributed by atoms with van der Waals surface area (Å²) < 4.78 is 23.5. The van der Waals surface area contributed by atoms with E-state index in [4.69, 9.17) is 5.11 Å². The van der Waals surface area contributed by atoms with Gasteiger partial charge in [-0.15, -0.1) is 0 Å². The van der Waals surface area contributed by atoms with E-state index in [9.17, 15) is 13.6 Å². The summed E-state index contributed by atoms with van der Waals surface area (Å²) in [6, 6.07) is 0. The first-order chi connectivity index (χ1) is 5.04. The molecular formula is C6H11F2NO2. The highest BCUT2D eigenvalue weighted by Gasteiger charge is 2.26. The van der Waals surface area contributed by atoms with E-state index in [-0.39, 0.29) is 0 Å². The summed E-state index contributed by atoms with van der Waals surface area (Å²) in [5, 5.41) is 10.7. The minimum atomic E-state index is -2.53. The van der Waals surface area contributed by atoms with Gasteiger partial charge in [0, 0.05) is 6.42 Å². The van der Waals surface area contributed by atoms with Crippen molar-refractivity contribution < 1.29 is 18.7 Å². The number of hydrogen-bond donors (Lipinski definition) is 2. The quantitative estimate of drug-likeness (QED) is 0.572. The Morgan fingerprint density at radius 2 is 2.27 bits per heavy atom. The Hall–Kier alpha value is -0.710. The SMILES string of the molecule is CC(CO)(CC(F)F)NC=O. The van der Waals surface area contributed by atoms with Gasteiger partial charge >= 0.3 is 0 Å². The first-order valence-corrected chi connectivity index (χ1v) is 3.14. The molecule has 0 aliphatic heterocycles. The highest BCUT2D eigenvalue weighted by atomic mass is 19.3. The van der Waals surface area contributed by atoms with Gasteiger partial charge in [-0.1, -0.05) is 0 Å². The van der Waals surface area contributed by atoms with Crippen molar-refractivity contribution in [3.63, 3.8) is 0 Å². The fourth-order valence-corrected chi connectivity index (χ4v) is 0.652. The lowest BCUT2D eigenvalue weighted by atomic mass is 10.00. The molecule has 5 heteroatoms. The van der Waals surface area contributed by atoms with Gasteiger partial charge in [-0.05, 0) is 6.92 Å². The molecule has 1 unspecified atom stereocenters. The summed E-state index contributed by atoms with van der Waals surface area (Å²) in [6.45, 7) is 0.865. The Balaban J connectivity index is 3.97. The number of amides is 1. The average Bonchev–Trinajstić information content (AvgIpc) is 1.87. The van der Waals surface area contributed by atoms with E-state index in [1.807, 2.05) is 0 Å². The van der Waals surface area contributed by atoms with Gasteiger partial charge in [0.15, 0.2) is 0 Å². The van der Waals surface area contributed by atoms with Gasteiger partial charge in [0.05, 0.1) is 12.1 Å². The summed E-state index contributed by atoms with van der Waals surface area (Å²) in [6.07, 6.45) is -2.76. The highest BCUT2D eigenvalue weighted by molar-refractivity contribution is 5.47. The zero-order chi connectivity index (χ0) is 8.91. The molecule has 0 aromatic heterocycles. The van der Waals surface area contributed by atoms with E-state index >= 15 is 0 Å². The second-order valence-corrected chi connectivity index (χ2v) is 2.58. The van der Waals surface area contributed by atoms with Crippen molar-refractivity contribution in [3.8, 4) is 0 Å². The first kappa shape index (κ1) is 10.3. The van der Waals surface area contributed by atoms with E-state index < -0.39 is 25.0 Å². The van der Waals surface area contributed by atoms with Crippen LogP contribution in [-0.2, 0) is 4.79 Å². The van der Waals surface area contributed by atoms with Crippen molar-refractivity contribution in [1.29, 1.82) is 0 Å². The van der Waals surface area contributed by atoms with Crippen molar-refractivity contribution in [2.24, 2.45) is 0 Å². The Morgan fingerprint density at radius 1 is 1.73 bits per heavy atom. The summed E-state index contributed by atoms with van der Waals surface area (Å²) in [5.41, 5.74) is -1.20. The number of carbonyl (C=O) groups is 1. The number of nitrogens with one attached hydrogen (secondary N) is 1. The van der Waals surface area contributed by atoms with Crippen molar-refractivity contribution in [2.45, 2.75) is 25.3 Å². The van der Waals surface area contributed by atoms with Crippen LogP contribution in [-0.4, -0.2) is 30.1 Å². The van der Waals surface area contributed by atoms with Gasteiger partial charge in [-0.2, -0.15) is 0 Å². The standard InChI is InChI=1S/C6H11F2NO2/c1-6(3-10,9-4-11)2-5(7)8/h4-5,10H,2-3H2,1H3,(H,9,11). The zero-order valence-electron chi connectivity index (χ0n) is 6.18. The number of rotatable bonds is 5. The summed E-state index contributed by atoms with van der Waals surface area (Å²) in [7, 11) is 0. The topological polar surface area (TPSA) is 49.3 Å². The number of aliphatic hydroxyl groups excluding tert-OH is 1. The molecule has 66 valence electrons. The van der Waals surface area contributed by atoms with Gasteiger partial charge in [-0.3, -0.25) is 4.79 Å².